The minimum absolute atomic E-state index is 0.257. The number of rotatable bonds is 10. The van der Waals surface area contributed by atoms with E-state index in [4.69, 9.17) is 9.47 Å². The first-order chi connectivity index (χ1) is 18.8. The van der Waals surface area contributed by atoms with E-state index in [2.05, 4.69) is 4.79 Å². The number of fused-ring (bicyclic) bond motifs is 2. The van der Waals surface area contributed by atoms with E-state index in [9.17, 15) is 22.4 Å². The monoisotopic (exact) mass is 566 g/mol. The number of hydrogen-bond donors (Lipinski definition) is 0. The fraction of sp³-hybridized carbons (Fsp3) is 0.276. The second kappa shape index (κ2) is 12.0. The van der Waals surface area contributed by atoms with Gasteiger partial charge >= 0.3 is 4.38 Å². The first-order valence-electron chi connectivity index (χ1n) is 12.8. The van der Waals surface area contributed by atoms with Crippen molar-refractivity contribution in [2.24, 2.45) is 0 Å². The first-order valence-corrected chi connectivity index (χ1v) is 15.7. The lowest BCUT2D eigenvalue weighted by atomic mass is 10.1. The summed E-state index contributed by atoms with van der Waals surface area (Å²) < 4.78 is 65.6. The van der Waals surface area contributed by atoms with Gasteiger partial charge in [0.05, 0.1) is 23.0 Å². The highest BCUT2D eigenvalue weighted by Gasteiger charge is 2.45. The minimum atomic E-state index is -4.80. The quantitative estimate of drug-likeness (QED) is 0.0742. The Kier molecular flexibility index (Phi) is 8.70. The number of benzene rings is 4. The van der Waals surface area contributed by atoms with Crippen molar-refractivity contribution in [3.05, 3.63) is 78.3 Å². The number of ether oxygens (including phenoxy) is 2. The normalized spacial score (nSPS) is 11.8. The maximum atomic E-state index is 13.8. The van der Waals surface area contributed by atoms with Gasteiger partial charge in [-0.2, -0.15) is 0 Å². The van der Waals surface area contributed by atoms with Crippen LogP contribution in [0.25, 0.3) is 27.1 Å². The van der Waals surface area contributed by atoms with Crippen LogP contribution in [0.15, 0.2) is 82.6 Å². The third kappa shape index (κ3) is 5.54. The molecule has 0 N–H and O–H groups in total. The number of unbranched alkanes of at least 4 members (excludes halogenated alkanes) is 2. The van der Waals surface area contributed by atoms with Gasteiger partial charge in [-0.05, 0) is 37.1 Å². The Labute approximate surface area is 228 Å². The summed E-state index contributed by atoms with van der Waals surface area (Å²) in [4.78, 5) is 2.23. The molecule has 0 unspecified atom stereocenters. The SMILES string of the molecule is CCCCOc1ccc(S(=O)(=O)C(=[N+]=[N-])S(=O)(=O)c2ccc(OCCCC)c3ccccc23)c2ccccc12. The van der Waals surface area contributed by atoms with Crippen LogP contribution in [0.3, 0.4) is 0 Å². The lowest BCUT2D eigenvalue weighted by Gasteiger charge is -2.13. The Bertz CT molecular complexity index is 1650. The summed E-state index contributed by atoms with van der Waals surface area (Å²) in [5.74, 6) is 0.959. The van der Waals surface area contributed by atoms with Crippen LogP contribution < -0.4 is 9.47 Å². The van der Waals surface area contributed by atoms with Crippen LogP contribution in [0.4, 0.5) is 0 Å². The highest BCUT2D eigenvalue weighted by molar-refractivity contribution is 8.31. The Morgan fingerprint density at radius 3 is 1.38 bits per heavy atom. The summed E-state index contributed by atoms with van der Waals surface area (Å²) in [5, 5.41) is 1.52. The van der Waals surface area contributed by atoms with Crippen molar-refractivity contribution in [2.75, 3.05) is 13.2 Å². The van der Waals surface area contributed by atoms with Crippen LogP contribution in [0.2, 0.25) is 0 Å². The predicted octanol–water partition coefficient (Wildman–Crippen LogP) is 6.18. The zero-order chi connectivity index (χ0) is 28.0. The predicted molar refractivity (Wildman–Crippen MR) is 152 cm³/mol. The zero-order valence-electron chi connectivity index (χ0n) is 21.8. The molecule has 0 fully saturated rings. The molecule has 0 amide bonds. The standard InChI is InChI=1S/C29H30N2O6S2/c1-3-5-19-36-25-15-17-27(23-13-9-7-11-21(23)25)38(32,33)29(31-30)39(34,35)28-18-16-26(37-20-6-4-2)22-12-8-10-14-24(22)28/h7-18H,3-6,19-20H2,1-2H3. The van der Waals surface area contributed by atoms with Crippen LogP contribution in [0, 0.1) is 0 Å². The van der Waals surface area contributed by atoms with Crippen LogP contribution in [-0.4, -0.2) is 39.2 Å². The van der Waals surface area contributed by atoms with E-state index in [0.29, 0.717) is 35.5 Å². The second-order valence-corrected chi connectivity index (χ2v) is 12.9. The van der Waals surface area contributed by atoms with E-state index in [1.54, 1.807) is 48.5 Å². The molecule has 4 aromatic carbocycles. The van der Waals surface area contributed by atoms with E-state index in [1.807, 2.05) is 13.8 Å². The fourth-order valence-corrected chi connectivity index (χ4v) is 8.02. The van der Waals surface area contributed by atoms with Gasteiger partial charge in [-0.1, -0.05) is 75.2 Å². The molecule has 0 heterocycles. The molecule has 0 aliphatic heterocycles. The molecule has 0 saturated heterocycles. The van der Waals surface area contributed by atoms with Gasteiger partial charge in [0.15, 0.2) is 0 Å². The van der Waals surface area contributed by atoms with E-state index >= 15 is 0 Å². The molecule has 0 radical (unpaired) electrons. The molecule has 10 heteroatoms. The molecular formula is C29H30N2O6S2. The number of hydrogen-bond acceptors (Lipinski definition) is 6. The van der Waals surface area contributed by atoms with Gasteiger partial charge in [0.1, 0.15) is 11.5 Å². The molecule has 204 valence electrons. The summed E-state index contributed by atoms with van der Waals surface area (Å²) in [6, 6.07) is 18.8. The topological polar surface area (TPSA) is 123 Å². The van der Waals surface area contributed by atoms with Gasteiger partial charge in [0.2, 0.25) is 0 Å². The zero-order valence-corrected chi connectivity index (χ0v) is 23.5. The molecule has 4 aromatic rings. The van der Waals surface area contributed by atoms with Crippen LogP contribution >= 0.6 is 0 Å². The third-order valence-corrected chi connectivity index (χ3v) is 10.6. The van der Waals surface area contributed by atoms with Gasteiger partial charge in [-0.15, -0.1) is 4.79 Å². The van der Waals surface area contributed by atoms with Crippen molar-refractivity contribution in [3.8, 4) is 11.5 Å². The smallest absolute Gasteiger partial charge is 0.493 e. The van der Waals surface area contributed by atoms with E-state index in [0.717, 1.165) is 25.7 Å². The molecule has 0 atom stereocenters. The van der Waals surface area contributed by atoms with Gasteiger partial charge < -0.3 is 15.0 Å². The molecule has 39 heavy (non-hydrogen) atoms. The Morgan fingerprint density at radius 2 is 1.03 bits per heavy atom. The van der Waals surface area contributed by atoms with Gasteiger partial charge in [-0.3, -0.25) is 0 Å². The average molecular weight is 567 g/mol. The van der Waals surface area contributed by atoms with Crippen molar-refractivity contribution in [1.29, 1.82) is 0 Å². The number of sulfone groups is 2. The Hall–Kier alpha value is -3.72. The molecule has 8 nitrogen and oxygen atoms in total. The molecule has 0 aromatic heterocycles. The molecule has 0 aliphatic rings. The van der Waals surface area contributed by atoms with Crippen LogP contribution in [-0.2, 0) is 19.7 Å². The van der Waals surface area contributed by atoms with Crippen molar-refractivity contribution in [2.45, 2.75) is 49.3 Å². The third-order valence-electron chi connectivity index (χ3n) is 6.32. The first kappa shape index (κ1) is 28.3. The Balaban J connectivity index is 1.83. The maximum absolute atomic E-state index is 13.8. The van der Waals surface area contributed by atoms with E-state index in [-0.39, 0.29) is 20.6 Å². The van der Waals surface area contributed by atoms with Gasteiger partial charge in [0, 0.05) is 21.5 Å². The van der Waals surface area contributed by atoms with Crippen LogP contribution in [0.1, 0.15) is 39.5 Å². The molecular weight excluding hydrogens is 536 g/mol. The van der Waals surface area contributed by atoms with Crippen LogP contribution in [0.5, 0.6) is 11.5 Å². The summed E-state index contributed by atoms with van der Waals surface area (Å²) in [5.41, 5.74) is 9.84. The van der Waals surface area contributed by atoms with Gasteiger partial charge in [0.25, 0.3) is 19.7 Å². The summed E-state index contributed by atoms with van der Waals surface area (Å²) >= 11 is 0. The van der Waals surface area contributed by atoms with E-state index in [1.165, 1.54) is 24.3 Å². The highest BCUT2D eigenvalue weighted by Crippen LogP contribution is 2.36. The number of nitrogens with zero attached hydrogens (tertiary/aromatic N) is 2. The Morgan fingerprint density at radius 1 is 0.641 bits per heavy atom. The summed E-state index contributed by atoms with van der Waals surface area (Å²) in [7, 11) is -9.59. The molecule has 0 saturated carbocycles. The van der Waals surface area contributed by atoms with Crippen molar-refractivity contribution in [3.63, 3.8) is 0 Å². The molecule has 0 bridgehead atoms. The minimum Gasteiger partial charge on any atom is -0.493 e. The van der Waals surface area contributed by atoms with E-state index < -0.39 is 24.1 Å². The van der Waals surface area contributed by atoms with Crippen molar-refractivity contribution in [1.82, 2.24) is 0 Å². The summed E-state index contributed by atoms with van der Waals surface area (Å²) in [6.07, 6.45) is 3.51. The highest BCUT2D eigenvalue weighted by atomic mass is 32.3. The van der Waals surface area contributed by atoms with Crippen molar-refractivity contribution < 1.29 is 31.1 Å². The maximum Gasteiger partial charge on any atom is 0.504 e. The lowest BCUT2D eigenvalue weighted by molar-refractivity contribution is 0.00381. The fourth-order valence-electron chi connectivity index (χ4n) is 4.30. The summed E-state index contributed by atoms with van der Waals surface area (Å²) in [6.45, 7) is 4.97. The molecule has 0 spiro atoms. The lowest BCUT2D eigenvalue weighted by Crippen LogP contribution is -2.26. The molecule has 0 aliphatic carbocycles. The van der Waals surface area contributed by atoms with Gasteiger partial charge in [-0.25, -0.2) is 16.8 Å². The molecule has 4 rings (SSSR count). The largest absolute Gasteiger partial charge is 0.504 e. The average Bonchev–Trinajstić information content (AvgIpc) is 2.93. The van der Waals surface area contributed by atoms with Crippen molar-refractivity contribution >= 4 is 45.6 Å². The second-order valence-electron chi connectivity index (χ2n) is 8.99.